The fraction of sp³-hybridized carbons (Fsp3) is 0.308. The van der Waals surface area contributed by atoms with Crippen LogP contribution in [0.1, 0.15) is 44.4 Å². The first-order valence-electron chi connectivity index (χ1n) is 5.50. The highest BCUT2D eigenvalue weighted by Gasteiger charge is 2.20. The summed E-state index contributed by atoms with van der Waals surface area (Å²) in [5.41, 5.74) is 0.504. The van der Waals surface area contributed by atoms with Gasteiger partial charge in [0.05, 0.1) is 12.2 Å². The van der Waals surface area contributed by atoms with Crippen molar-refractivity contribution in [2.45, 2.75) is 13.3 Å². The highest BCUT2D eigenvalue weighted by Crippen LogP contribution is 2.17. The van der Waals surface area contributed by atoms with Crippen LogP contribution in [0.25, 0.3) is 0 Å². The van der Waals surface area contributed by atoms with Gasteiger partial charge in [-0.2, -0.15) is 0 Å². The van der Waals surface area contributed by atoms with Crippen LogP contribution in [0.15, 0.2) is 18.2 Å². The van der Waals surface area contributed by atoms with E-state index in [4.69, 9.17) is 4.74 Å². The molecule has 5 heteroatoms. The molecule has 0 heterocycles. The summed E-state index contributed by atoms with van der Waals surface area (Å²) >= 11 is 3.16. The van der Waals surface area contributed by atoms with E-state index in [0.717, 1.165) is 0 Å². The number of carbonyl (C=O) groups is 3. The standard InChI is InChI=1S/C13H13BrO4/c1-2-18-13(17)10-5-3-4-9(8-15)12(10)11(16)6-7-14/h3-5,8H,2,6-7H2,1H3. The summed E-state index contributed by atoms with van der Waals surface area (Å²) in [5, 5.41) is 0.474. The third-order valence-corrected chi connectivity index (χ3v) is 2.72. The fourth-order valence-corrected chi connectivity index (χ4v) is 1.93. The van der Waals surface area contributed by atoms with Crippen LogP contribution in [-0.4, -0.2) is 30.0 Å². The molecule has 0 amide bonds. The van der Waals surface area contributed by atoms with Gasteiger partial charge in [-0.15, -0.1) is 0 Å². The number of esters is 1. The van der Waals surface area contributed by atoms with Crippen LogP contribution in [0, 0.1) is 0 Å². The van der Waals surface area contributed by atoms with Gasteiger partial charge in [-0.25, -0.2) is 4.79 Å². The SMILES string of the molecule is CCOC(=O)c1cccc(C=O)c1C(=O)CCBr. The van der Waals surface area contributed by atoms with Crippen molar-refractivity contribution in [2.75, 3.05) is 11.9 Å². The normalized spacial score (nSPS) is 9.89. The lowest BCUT2D eigenvalue weighted by atomic mass is 9.97. The number of Topliss-reactive ketones (excluding diaryl/α,β-unsaturated/α-hetero) is 1. The van der Waals surface area contributed by atoms with Crippen molar-refractivity contribution in [3.63, 3.8) is 0 Å². The molecular weight excluding hydrogens is 300 g/mol. The van der Waals surface area contributed by atoms with Crippen molar-refractivity contribution in [1.29, 1.82) is 0 Å². The highest BCUT2D eigenvalue weighted by molar-refractivity contribution is 9.09. The number of halogens is 1. The Morgan fingerprint density at radius 2 is 2.11 bits per heavy atom. The van der Waals surface area contributed by atoms with Gasteiger partial charge in [0.2, 0.25) is 0 Å². The maximum atomic E-state index is 12.0. The molecule has 18 heavy (non-hydrogen) atoms. The Bertz CT molecular complexity index is 468. The van der Waals surface area contributed by atoms with Crippen LogP contribution in [0.2, 0.25) is 0 Å². The van der Waals surface area contributed by atoms with Crippen LogP contribution in [0.4, 0.5) is 0 Å². The number of aldehydes is 1. The Balaban J connectivity index is 3.28. The Kier molecular flexibility index (Phi) is 5.71. The van der Waals surface area contributed by atoms with Gasteiger partial charge in [-0.1, -0.05) is 28.1 Å². The lowest BCUT2D eigenvalue weighted by Crippen LogP contribution is -2.14. The van der Waals surface area contributed by atoms with Gasteiger partial charge >= 0.3 is 5.97 Å². The van der Waals surface area contributed by atoms with Crippen molar-refractivity contribution in [1.82, 2.24) is 0 Å². The lowest BCUT2D eigenvalue weighted by molar-refractivity contribution is 0.0523. The molecule has 96 valence electrons. The lowest BCUT2D eigenvalue weighted by Gasteiger charge is -2.09. The molecule has 0 bridgehead atoms. The van der Waals surface area contributed by atoms with Crippen LogP contribution in [-0.2, 0) is 4.74 Å². The van der Waals surface area contributed by atoms with E-state index in [1.165, 1.54) is 12.1 Å². The summed E-state index contributed by atoms with van der Waals surface area (Å²) in [4.78, 5) is 34.7. The smallest absolute Gasteiger partial charge is 0.338 e. The topological polar surface area (TPSA) is 60.4 Å². The molecule has 0 aliphatic carbocycles. The summed E-state index contributed by atoms with van der Waals surface area (Å²) < 4.78 is 4.88. The average Bonchev–Trinajstić information content (AvgIpc) is 2.38. The molecule has 0 aliphatic heterocycles. The first-order valence-corrected chi connectivity index (χ1v) is 6.62. The van der Waals surface area contributed by atoms with Crippen molar-refractivity contribution in [3.05, 3.63) is 34.9 Å². The molecule has 0 aliphatic rings. The Morgan fingerprint density at radius 3 is 2.67 bits per heavy atom. The number of ether oxygens (including phenoxy) is 1. The van der Waals surface area contributed by atoms with E-state index in [1.807, 2.05) is 0 Å². The van der Waals surface area contributed by atoms with E-state index in [0.29, 0.717) is 11.6 Å². The number of alkyl halides is 1. The summed E-state index contributed by atoms with van der Waals surface area (Å²) in [6, 6.07) is 4.56. The Morgan fingerprint density at radius 1 is 1.39 bits per heavy atom. The molecule has 4 nitrogen and oxygen atoms in total. The minimum absolute atomic E-state index is 0.144. The van der Waals surface area contributed by atoms with Gasteiger partial charge in [0.15, 0.2) is 12.1 Å². The maximum absolute atomic E-state index is 12.0. The number of rotatable bonds is 6. The molecule has 0 unspecified atom stereocenters. The summed E-state index contributed by atoms with van der Waals surface area (Å²) in [5.74, 6) is -0.836. The number of carbonyl (C=O) groups excluding carboxylic acids is 3. The quantitative estimate of drug-likeness (QED) is 0.351. The molecule has 0 fully saturated rings. The van der Waals surface area contributed by atoms with Gasteiger partial charge in [0.1, 0.15) is 0 Å². The van der Waals surface area contributed by atoms with E-state index < -0.39 is 5.97 Å². The van der Waals surface area contributed by atoms with Gasteiger partial charge in [0, 0.05) is 22.9 Å². The molecular formula is C13H13BrO4. The van der Waals surface area contributed by atoms with Crippen molar-refractivity contribution in [2.24, 2.45) is 0 Å². The molecule has 0 aromatic heterocycles. The van der Waals surface area contributed by atoms with E-state index in [1.54, 1.807) is 13.0 Å². The second-order valence-electron chi connectivity index (χ2n) is 3.47. The maximum Gasteiger partial charge on any atom is 0.338 e. The summed E-state index contributed by atoms with van der Waals surface area (Å²) in [7, 11) is 0. The predicted octanol–water partition coefficient (Wildman–Crippen LogP) is 2.64. The monoisotopic (exact) mass is 312 g/mol. The molecule has 1 aromatic carbocycles. The third kappa shape index (κ3) is 3.26. The van der Waals surface area contributed by atoms with Crippen molar-refractivity contribution < 1.29 is 19.1 Å². The fourth-order valence-electron chi connectivity index (χ4n) is 1.57. The third-order valence-electron chi connectivity index (χ3n) is 2.32. The number of benzene rings is 1. The zero-order valence-electron chi connectivity index (χ0n) is 9.94. The van der Waals surface area contributed by atoms with Gasteiger partial charge in [0.25, 0.3) is 0 Å². The second-order valence-corrected chi connectivity index (χ2v) is 4.26. The molecule has 0 saturated heterocycles. The second kappa shape index (κ2) is 7.06. The van der Waals surface area contributed by atoms with Gasteiger partial charge in [-0.3, -0.25) is 9.59 Å². The molecule has 0 radical (unpaired) electrons. The first kappa shape index (κ1) is 14.6. The molecule has 1 rings (SSSR count). The molecule has 1 aromatic rings. The van der Waals surface area contributed by atoms with Crippen molar-refractivity contribution in [3.8, 4) is 0 Å². The molecule has 0 N–H and O–H groups in total. The van der Waals surface area contributed by atoms with Crippen LogP contribution in [0.3, 0.4) is 0 Å². The van der Waals surface area contributed by atoms with Crippen LogP contribution >= 0.6 is 15.9 Å². The van der Waals surface area contributed by atoms with E-state index in [9.17, 15) is 14.4 Å². The number of ketones is 1. The highest BCUT2D eigenvalue weighted by atomic mass is 79.9. The molecule has 0 saturated carbocycles. The Hall–Kier alpha value is -1.49. The first-order chi connectivity index (χ1) is 8.65. The number of hydrogen-bond donors (Lipinski definition) is 0. The molecule has 0 spiro atoms. The summed E-state index contributed by atoms with van der Waals surface area (Å²) in [6.45, 7) is 1.90. The predicted molar refractivity (Wildman–Crippen MR) is 70.5 cm³/mol. The van der Waals surface area contributed by atoms with Crippen molar-refractivity contribution >= 4 is 34.0 Å². The van der Waals surface area contributed by atoms with Gasteiger partial charge in [-0.05, 0) is 13.0 Å². The minimum atomic E-state index is -0.584. The van der Waals surface area contributed by atoms with Crippen LogP contribution < -0.4 is 0 Å². The van der Waals surface area contributed by atoms with E-state index >= 15 is 0 Å². The van der Waals surface area contributed by atoms with Crippen LogP contribution in [0.5, 0.6) is 0 Å². The molecule has 0 atom stereocenters. The average molecular weight is 313 g/mol. The zero-order valence-corrected chi connectivity index (χ0v) is 11.5. The Labute approximate surface area is 113 Å². The largest absolute Gasteiger partial charge is 0.462 e. The summed E-state index contributed by atoms with van der Waals surface area (Å²) in [6.07, 6.45) is 0.793. The van der Waals surface area contributed by atoms with Gasteiger partial charge < -0.3 is 4.74 Å². The van der Waals surface area contributed by atoms with E-state index in [-0.39, 0.29) is 35.5 Å². The number of hydrogen-bond acceptors (Lipinski definition) is 4. The zero-order chi connectivity index (χ0) is 13.5. The van der Waals surface area contributed by atoms with E-state index in [2.05, 4.69) is 15.9 Å². The minimum Gasteiger partial charge on any atom is -0.462 e.